The van der Waals surface area contributed by atoms with Crippen molar-refractivity contribution in [2.45, 2.75) is 78.1 Å². The van der Waals surface area contributed by atoms with Gasteiger partial charge in [-0.05, 0) is 45.7 Å². The Morgan fingerprint density at radius 3 is 2.75 bits per heavy atom. The Bertz CT molecular complexity index is 939. The molecule has 4 rings (SSSR count). The molecule has 0 bridgehead atoms. The second-order valence-corrected chi connectivity index (χ2v) is 8.50. The van der Waals surface area contributed by atoms with Crippen molar-refractivity contribution < 1.29 is 9.47 Å². The molecule has 1 aromatic carbocycles. The average Bonchev–Trinajstić information content (AvgIpc) is 3.46. The molecule has 8 nitrogen and oxygen atoms in total. The molecule has 2 aliphatic rings. The predicted molar refractivity (Wildman–Crippen MR) is 136 cm³/mol. The highest BCUT2D eigenvalue weighted by Gasteiger charge is 2.22. The topological polar surface area (TPSA) is 85.6 Å². The third kappa shape index (κ3) is 5.85. The summed E-state index contributed by atoms with van der Waals surface area (Å²) in [6.45, 7) is 7.77. The lowest BCUT2D eigenvalue weighted by Crippen LogP contribution is -2.42. The van der Waals surface area contributed by atoms with Gasteiger partial charge in [0, 0.05) is 30.6 Å². The van der Waals surface area contributed by atoms with Gasteiger partial charge in [0.2, 0.25) is 0 Å². The number of fused-ring (bicyclic) bond motifs is 1. The van der Waals surface area contributed by atoms with Crippen LogP contribution >= 0.6 is 24.0 Å². The number of aryl methyl sites for hydroxylation is 1. The Hall–Kier alpha value is -2.04. The number of hydrogen-bond donors (Lipinski definition) is 2. The maximum Gasteiger partial charge on any atom is 0.192 e. The Morgan fingerprint density at radius 2 is 2.06 bits per heavy atom. The number of aliphatic imine (C=N–C) groups is 1. The number of rotatable bonds is 7. The van der Waals surface area contributed by atoms with E-state index in [0.717, 1.165) is 41.1 Å². The first-order chi connectivity index (χ1) is 15.0. The molecule has 2 N–H and O–H groups in total. The Labute approximate surface area is 207 Å². The van der Waals surface area contributed by atoms with Crippen molar-refractivity contribution in [3.05, 3.63) is 34.9 Å². The van der Waals surface area contributed by atoms with Crippen LogP contribution in [0.4, 0.5) is 0 Å². The number of nitrogens with one attached hydrogen (secondary N) is 2. The zero-order chi connectivity index (χ0) is 21.8. The number of ether oxygens (including phenoxy) is 2. The lowest BCUT2D eigenvalue weighted by atomic mass is 10.1. The molecule has 2 aromatic rings. The van der Waals surface area contributed by atoms with Crippen LogP contribution < -0.4 is 20.1 Å². The third-order valence-electron chi connectivity index (χ3n) is 6.08. The van der Waals surface area contributed by atoms with Crippen molar-refractivity contribution in [1.29, 1.82) is 0 Å². The van der Waals surface area contributed by atoms with E-state index in [9.17, 15) is 0 Å². The summed E-state index contributed by atoms with van der Waals surface area (Å²) in [5.41, 5.74) is 2.25. The second kappa shape index (κ2) is 11.2. The van der Waals surface area contributed by atoms with Crippen molar-refractivity contribution in [1.82, 2.24) is 25.4 Å². The van der Waals surface area contributed by atoms with Crippen LogP contribution in [0.5, 0.6) is 11.5 Å². The van der Waals surface area contributed by atoms with Crippen LogP contribution in [0, 0.1) is 6.92 Å². The largest absolute Gasteiger partial charge is 0.494 e. The van der Waals surface area contributed by atoms with Crippen molar-refractivity contribution in [3.8, 4) is 11.5 Å². The lowest BCUT2D eigenvalue weighted by molar-refractivity contribution is 0.254. The maximum absolute atomic E-state index is 5.96. The first kappa shape index (κ1) is 24.6. The van der Waals surface area contributed by atoms with E-state index in [-0.39, 0.29) is 30.1 Å². The summed E-state index contributed by atoms with van der Waals surface area (Å²) in [6, 6.07) is 4.67. The van der Waals surface area contributed by atoms with Crippen LogP contribution in [0.3, 0.4) is 0 Å². The molecule has 2 heterocycles. The smallest absolute Gasteiger partial charge is 0.192 e. The highest BCUT2D eigenvalue weighted by molar-refractivity contribution is 14.0. The van der Waals surface area contributed by atoms with E-state index < -0.39 is 0 Å². The fourth-order valence-electron chi connectivity index (χ4n) is 4.24. The van der Waals surface area contributed by atoms with E-state index in [2.05, 4.69) is 39.9 Å². The standard InChI is InChI=1S/C23H34N6O2.HI/c1-5-30-20-11-17-10-15(2)31-21(17)12-18(20)13-24-23(26-19-8-6-7-9-19)25-14-22-28-27-16(3)29(22)4;/h11-12,15,19H,5-10,13-14H2,1-4H3,(H2,24,25,26);1H. The van der Waals surface area contributed by atoms with Gasteiger partial charge in [0.1, 0.15) is 23.4 Å². The maximum atomic E-state index is 5.96. The van der Waals surface area contributed by atoms with Crippen molar-refractivity contribution in [2.24, 2.45) is 12.0 Å². The highest BCUT2D eigenvalue weighted by Crippen LogP contribution is 2.35. The number of benzene rings is 1. The molecule has 1 aromatic heterocycles. The molecule has 9 heteroatoms. The number of nitrogens with zero attached hydrogens (tertiary/aromatic N) is 4. The Morgan fingerprint density at radius 1 is 1.28 bits per heavy atom. The normalized spacial score (nSPS) is 18.1. The number of hydrogen-bond acceptors (Lipinski definition) is 5. The van der Waals surface area contributed by atoms with Crippen molar-refractivity contribution in [2.75, 3.05) is 6.61 Å². The molecule has 1 atom stereocenters. The summed E-state index contributed by atoms with van der Waals surface area (Å²) in [5, 5.41) is 15.4. The minimum Gasteiger partial charge on any atom is -0.494 e. The predicted octanol–water partition coefficient (Wildman–Crippen LogP) is 3.64. The number of halogens is 1. The molecule has 1 unspecified atom stereocenters. The molecule has 1 aliphatic carbocycles. The summed E-state index contributed by atoms with van der Waals surface area (Å²) in [7, 11) is 1.98. The average molecular weight is 554 g/mol. The van der Waals surface area contributed by atoms with Crippen molar-refractivity contribution in [3.63, 3.8) is 0 Å². The van der Waals surface area contributed by atoms with Crippen LogP contribution in [-0.2, 0) is 26.6 Å². The van der Waals surface area contributed by atoms with Gasteiger partial charge in [-0.2, -0.15) is 0 Å². The monoisotopic (exact) mass is 554 g/mol. The summed E-state index contributed by atoms with van der Waals surface area (Å²) < 4.78 is 13.9. The van der Waals surface area contributed by atoms with Crippen molar-refractivity contribution >= 4 is 29.9 Å². The SMILES string of the molecule is CCOc1cc2c(cc1CN=C(NCc1nnc(C)n1C)NC1CCCC1)OC(C)C2.I. The molecule has 1 aliphatic heterocycles. The minimum atomic E-state index is 0. The highest BCUT2D eigenvalue weighted by atomic mass is 127. The van der Waals surface area contributed by atoms with Gasteiger partial charge in [-0.25, -0.2) is 4.99 Å². The van der Waals surface area contributed by atoms with Gasteiger partial charge >= 0.3 is 0 Å². The summed E-state index contributed by atoms with van der Waals surface area (Å²) in [5.74, 6) is 4.42. The molecule has 0 spiro atoms. The first-order valence-electron chi connectivity index (χ1n) is 11.4. The van der Waals surface area contributed by atoms with Gasteiger partial charge in [0.25, 0.3) is 0 Å². The molecule has 1 saturated carbocycles. The van der Waals surface area contributed by atoms with Crippen LogP contribution in [0.1, 0.15) is 62.3 Å². The quantitative estimate of drug-likeness (QED) is 0.309. The first-order valence-corrected chi connectivity index (χ1v) is 11.4. The van der Waals surface area contributed by atoms with Crippen LogP contribution in [0.15, 0.2) is 17.1 Å². The van der Waals surface area contributed by atoms with E-state index >= 15 is 0 Å². The molecule has 32 heavy (non-hydrogen) atoms. The van der Waals surface area contributed by atoms with E-state index in [4.69, 9.17) is 14.5 Å². The van der Waals surface area contributed by atoms with E-state index in [1.54, 1.807) is 0 Å². The van der Waals surface area contributed by atoms with Gasteiger partial charge in [-0.1, -0.05) is 12.8 Å². The summed E-state index contributed by atoms with van der Waals surface area (Å²) in [6.07, 6.45) is 6.02. The fraction of sp³-hybridized carbons (Fsp3) is 0.609. The molecule has 176 valence electrons. The van der Waals surface area contributed by atoms with Gasteiger partial charge in [-0.3, -0.25) is 0 Å². The molecular weight excluding hydrogens is 519 g/mol. The van der Waals surface area contributed by atoms with E-state index in [1.807, 2.05) is 25.5 Å². The minimum absolute atomic E-state index is 0. The van der Waals surface area contributed by atoms with Crippen LogP contribution in [-0.4, -0.2) is 39.5 Å². The number of guanidine groups is 1. The molecule has 0 radical (unpaired) electrons. The molecule has 0 saturated heterocycles. The zero-order valence-electron chi connectivity index (χ0n) is 19.5. The lowest BCUT2D eigenvalue weighted by Gasteiger charge is -2.18. The molecule has 0 amide bonds. The zero-order valence-corrected chi connectivity index (χ0v) is 21.8. The third-order valence-corrected chi connectivity index (χ3v) is 6.08. The van der Waals surface area contributed by atoms with E-state index in [1.165, 1.54) is 31.2 Å². The van der Waals surface area contributed by atoms with Gasteiger partial charge < -0.3 is 24.7 Å². The Kier molecular flexibility index (Phi) is 8.61. The summed E-state index contributed by atoms with van der Waals surface area (Å²) >= 11 is 0. The second-order valence-electron chi connectivity index (χ2n) is 8.50. The van der Waals surface area contributed by atoms with Gasteiger partial charge in [0.05, 0.1) is 19.7 Å². The summed E-state index contributed by atoms with van der Waals surface area (Å²) in [4.78, 5) is 4.90. The number of aromatic nitrogens is 3. The van der Waals surface area contributed by atoms with Crippen LogP contribution in [0.25, 0.3) is 0 Å². The molecular formula is C23H35IN6O2. The Balaban J connectivity index is 0.00000289. The van der Waals surface area contributed by atoms with E-state index in [0.29, 0.717) is 25.7 Å². The molecule has 1 fully saturated rings. The fourth-order valence-corrected chi connectivity index (χ4v) is 4.24. The van der Waals surface area contributed by atoms with Gasteiger partial charge in [0.15, 0.2) is 11.8 Å². The van der Waals surface area contributed by atoms with Gasteiger partial charge in [-0.15, -0.1) is 34.2 Å². The van der Waals surface area contributed by atoms with Crippen LogP contribution in [0.2, 0.25) is 0 Å².